The monoisotopic (exact) mass is 347 g/mol. The number of carboxylic acid groups (broad SMARTS) is 1. The van der Waals surface area contributed by atoms with Gasteiger partial charge in [0, 0.05) is 16.1 Å². The van der Waals surface area contributed by atoms with Gasteiger partial charge in [-0.2, -0.15) is 0 Å². The third-order valence-corrected chi connectivity index (χ3v) is 4.13. The van der Waals surface area contributed by atoms with Gasteiger partial charge < -0.3 is 15.7 Å². The minimum absolute atomic E-state index is 0.307. The number of carbonyl (C=O) groups is 3. The number of nitrogens with zero attached hydrogens (tertiary/aromatic N) is 1. The molecule has 7 nitrogen and oxygen atoms in total. The van der Waals surface area contributed by atoms with E-state index in [1.165, 1.54) is 30.4 Å². The van der Waals surface area contributed by atoms with E-state index in [1.54, 1.807) is 12.1 Å². The van der Waals surface area contributed by atoms with E-state index in [2.05, 4.69) is 15.6 Å². The van der Waals surface area contributed by atoms with Crippen molar-refractivity contribution < 1.29 is 19.5 Å². The molecule has 0 aliphatic heterocycles. The number of carboxylic acids is 1. The van der Waals surface area contributed by atoms with Crippen molar-refractivity contribution in [1.82, 2.24) is 10.3 Å². The first-order chi connectivity index (χ1) is 11.3. The highest BCUT2D eigenvalue weighted by atomic mass is 32.1. The van der Waals surface area contributed by atoms with Crippen LogP contribution in [0, 0.1) is 13.8 Å². The predicted molar refractivity (Wildman–Crippen MR) is 90.5 cm³/mol. The normalized spacial score (nSPS) is 11.6. The fraction of sp³-hybridized carbons (Fsp3) is 0.250. The van der Waals surface area contributed by atoms with Crippen LogP contribution in [0.25, 0.3) is 0 Å². The van der Waals surface area contributed by atoms with Crippen molar-refractivity contribution in [3.05, 3.63) is 45.4 Å². The van der Waals surface area contributed by atoms with E-state index in [1.807, 2.05) is 13.8 Å². The molecule has 126 valence electrons. The number of anilines is 1. The van der Waals surface area contributed by atoms with E-state index >= 15 is 0 Å². The second-order valence-electron chi connectivity index (χ2n) is 5.20. The predicted octanol–water partition coefficient (Wildman–Crippen LogP) is 2.22. The fourth-order valence-electron chi connectivity index (χ4n) is 1.98. The first-order valence-electron chi connectivity index (χ1n) is 7.17. The van der Waals surface area contributed by atoms with Gasteiger partial charge in [-0.05, 0) is 45.0 Å². The summed E-state index contributed by atoms with van der Waals surface area (Å²) >= 11 is 1.45. The lowest BCUT2D eigenvalue weighted by atomic mass is 10.1. The SMILES string of the molecule is Cc1nc(C(=O)Nc2ccc(C(=O)NC(C)C(=O)O)cc2)c(C)s1. The quantitative estimate of drug-likeness (QED) is 0.768. The molecule has 1 aromatic heterocycles. The Labute approximate surface area is 142 Å². The molecular formula is C16H17N3O4S. The van der Waals surface area contributed by atoms with Gasteiger partial charge in [-0.25, -0.2) is 4.98 Å². The minimum Gasteiger partial charge on any atom is -0.480 e. The van der Waals surface area contributed by atoms with Crippen LogP contribution in [0.5, 0.6) is 0 Å². The van der Waals surface area contributed by atoms with E-state index in [4.69, 9.17) is 5.11 Å². The molecule has 3 N–H and O–H groups in total. The summed E-state index contributed by atoms with van der Waals surface area (Å²) < 4.78 is 0. The molecule has 0 saturated heterocycles. The summed E-state index contributed by atoms with van der Waals surface area (Å²) in [5.74, 6) is -1.91. The molecule has 2 rings (SSSR count). The van der Waals surface area contributed by atoms with Crippen LogP contribution in [0.3, 0.4) is 0 Å². The number of benzene rings is 1. The van der Waals surface area contributed by atoms with Crippen LogP contribution in [-0.2, 0) is 4.79 Å². The molecule has 0 radical (unpaired) electrons. The molecule has 0 aliphatic rings. The van der Waals surface area contributed by atoms with Crippen molar-refractivity contribution in [1.29, 1.82) is 0 Å². The highest BCUT2D eigenvalue weighted by molar-refractivity contribution is 7.11. The molecule has 0 bridgehead atoms. The number of aromatic nitrogens is 1. The van der Waals surface area contributed by atoms with Crippen molar-refractivity contribution in [2.24, 2.45) is 0 Å². The van der Waals surface area contributed by atoms with Crippen molar-refractivity contribution >= 4 is 34.8 Å². The van der Waals surface area contributed by atoms with Gasteiger partial charge in [-0.1, -0.05) is 0 Å². The molecule has 2 amide bonds. The molecule has 8 heteroatoms. The molecule has 1 heterocycles. The van der Waals surface area contributed by atoms with Crippen molar-refractivity contribution in [2.75, 3.05) is 5.32 Å². The summed E-state index contributed by atoms with van der Waals surface area (Å²) in [6, 6.07) is 5.20. The number of thiazole rings is 1. The van der Waals surface area contributed by atoms with Gasteiger partial charge in [0.05, 0.1) is 5.01 Å². The van der Waals surface area contributed by atoms with Gasteiger partial charge in [-0.3, -0.25) is 14.4 Å². The van der Waals surface area contributed by atoms with E-state index < -0.39 is 17.9 Å². The molecular weight excluding hydrogens is 330 g/mol. The largest absolute Gasteiger partial charge is 0.480 e. The lowest BCUT2D eigenvalue weighted by molar-refractivity contribution is -0.138. The Morgan fingerprint density at radius 3 is 2.25 bits per heavy atom. The number of aryl methyl sites for hydroxylation is 2. The standard InChI is InChI=1S/C16H17N3O4S/c1-8(16(22)23)17-14(20)11-4-6-12(7-5-11)19-15(21)13-9(2)24-10(3)18-13/h4-8H,1-3H3,(H,17,20)(H,19,21)(H,22,23). The summed E-state index contributed by atoms with van der Waals surface area (Å²) in [5.41, 5.74) is 1.21. The van der Waals surface area contributed by atoms with Gasteiger partial charge in [-0.15, -0.1) is 11.3 Å². The van der Waals surface area contributed by atoms with Crippen molar-refractivity contribution in [3.8, 4) is 0 Å². The summed E-state index contributed by atoms with van der Waals surface area (Å²) in [5, 5.41) is 14.7. The van der Waals surface area contributed by atoms with Crippen LogP contribution in [0.4, 0.5) is 5.69 Å². The van der Waals surface area contributed by atoms with E-state index in [-0.39, 0.29) is 5.91 Å². The summed E-state index contributed by atoms with van der Waals surface area (Å²) in [4.78, 5) is 39.8. The average Bonchev–Trinajstić information content (AvgIpc) is 2.86. The van der Waals surface area contributed by atoms with Gasteiger partial charge in [0.25, 0.3) is 11.8 Å². The number of aliphatic carboxylic acids is 1. The Balaban J connectivity index is 2.04. The van der Waals surface area contributed by atoms with Crippen LogP contribution >= 0.6 is 11.3 Å². The Morgan fingerprint density at radius 1 is 1.12 bits per heavy atom. The maximum Gasteiger partial charge on any atom is 0.325 e. The van der Waals surface area contributed by atoms with Gasteiger partial charge in [0.2, 0.25) is 0 Å². The molecule has 2 aromatic rings. The third-order valence-electron chi connectivity index (χ3n) is 3.24. The molecule has 1 atom stereocenters. The zero-order chi connectivity index (χ0) is 17.9. The van der Waals surface area contributed by atoms with Crippen molar-refractivity contribution in [3.63, 3.8) is 0 Å². The van der Waals surface area contributed by atoms with Crippen LogP contribution in [0.15, 0.2) is 24.3 Å². The third kappa shape index (κ3) is 4.17. The first-order valence-corrected chi connectivity index (χ1v) is 7.98. The fourth-order valence-corrected chi connectivity index (χ4v) is 2.79. The van der Waals surface area contributed by atoms with Crippen LogP contribution in [0.1, 0.15) is 37.7 Å². The lowest BCUT2D eigenvalue weighted by Gasteiger charge is -2.10. The summed E-state index contributed by atoms with van der Waals surface area (Å²) in [7, 11) is 0. The zero-order valence-corrected chi connectivity index (χ0v) is 14.2. The van der Waals surface area contributed by atoms with Gasteiger partial charge in [0.15, 0.2) is 0 Å². The molecule has 0 fully saturated rings. The van der Waals surface area contributed by atoms with Crippen LogP contribution in [-0.4, -0.2) is 33.9 Å². The second-order valence-corrected chi connectivity index (χ2v) is 6.61. The number of hydrogen-bond acceptors (Lipinski definition) is 5. The molecule has 0 saturated carbocycles. The van der Waals surface area contributed by atoms with E-state index in [0.29, 0.717) is 16.9 Å². The molecule has 0 aliphatic carbocycles. The molecule has 0 spiro atoms. The molecule has 24 heavy (non-hydrogen) atoms. The minimum atomic E-state index is -1.11. The lowest BCUT2D eigenvalue weighted by Crippen LogP contribution is -2.38. The van der Waals surface area contributed by atoms with E-state index in [9.17, 15) is 14.4 Å². The average molecular weight is 347 g/mol. The smallest absolute Gasteiger partial charge is 0.325 e. The Hall–Kier alpha value is -2.74. The molecule has 1 aromatic carbocycles. The zero-order valence-electron chi connectivity index (χ0n) is 13.4. The number of nitrogens with one attached hydrogen (secondary N) is 2. The highest BCUT2D eigenvalue weighted by Gasteiger charge is 2.16. The van der Waals surface area contributed by atoms with Gasteiger partial charge in [0.1, 0.15) is 11.7 Å². The maximum absolute atomic E-state index is 12.2. The van der Waals surface area contributed by atoms with Crippen molar-refractivity contribution in [2.45, 2.75) is 26.8 Å². The molecule has 1 unspecified atom stereocenters. The Morgan fingerprint density at radius 2 is 1.75 bits per heavy atom. The Bertz CT molecular complexity index is 783. The number of carbonyl (C=O) groups excluding carboxylic acids is 2. The number of amides is 2. The highest BCUT2D eigenvalue weighted by Crippen LogP contribution is 2.18. The Kier molecular flexibility index (Phi) is 5.30. The first kappa shape index (κ1) is 17.6. The number of hydrogen-bond donors (Lipinski definition) is 3. The summed E-state index contributed by atoms with van der Waals surface area (Å²) in [6.07, 6.45) is 0. The van der Waals surface area contributed by atoms with Crippen LogP contribution < -0.4 is 10.6 Å². The summed E-state index contributed by atoms with van der Waals surface area (Å²) in [6.45, 7) is 5.05. The van der Waals surface area contributed by atoms with Gasteiger partial charge >= 0.3 is 5.97 Å². The maximum atomic E-state index is 12.2. The van der Waals surface area contributed by atoms with E-state index in [0.717, 1.165) is 9.88 Å². The number of rotatable bonds is 5. The van der Waals surface area contributed by atoms with Crippen LogP contribution in [0.2, 0.25) is 0 Å². The topological polar surface area (TPSA) is 108 Å². The second kappa shape index (κ2) is 7.22.